The molecule has 0 amide bonds. The molecule has 0 saturated heterocycles. The first-order valence-electron chi connectivity index (χ1n) is 8.78. The summed E-state index contributed by atoms with van der Waals surface area (Å²) in [7, 11) is 0. The molecule has 0 aliphatic rings. The predicted octanol–water partition coefficient (Wildman–Crippen LogP) is 5.39. The third-order valence-corrected chi connectivity index (χ3v) is 4.16. The number of benzene rings is 1. The zero-order valence-corrected chi connectivity index (χ0v) is 16.6. The lowest BCUT2D eigenvalue weighted by atomic mass is 10.2. The van der Waals surface area contributed by atoms with Gasteiger partial charge in [-0.2, -0.15) is 31.4 Å². The Morgan fingerprint density at radius 2 is 1.75 bits per heavy atom. The highest BCUT2D eigenvalue weighted by Crippen LogP contribution is 2.32. The van der Waals surface area contributed by atoms with E-state index in [1.165, 1.54) is 30.6 Å². The van der Waals surface area contributed by atoms with E-state index in [9.17, 15) is 26.3 Å². The second kappa shape index (κ2) is 9.47. The predicted molar refractivity (Wildman–Crippen MR) is 102 cm³/mol. The maximum atomic E-state index is 12.8. The van der Waals surface area contributed by atoms with E-state index >= 15 is 0 Å². The van der Waals surface area contributed by atoms with Gasteiger partial charge in [0.2, 0.25) is 0 Å². The molecule has 2 aromatic heterocycles. The smallest absolute Gasteiger partial charge is 0.417 e. The first-order valence-corrected chi connectivity index (χ1v) is 9.16. The summed E-state index contributed by atoms with van der Waals surface area (Å²) < 4.78 is 82.6. The molecule has 0 unspecified atom stereocenters. The van der Waals surface area contributed by atoms with Gasteiger partial charge in [0.05, 0.1) is 34.3 Å². The molecule has 0 radical (unpaired) electrons. The molecule has 0 fully saturated rings. The Hall–Kier alpha value is -3.28. The summed E-state index contributed by atoms with van der Waals surface area (Å²) in [6, 6.07) is 6.60. The summed E-state index contributed by atoms with van der Waals surface area (Å²) in [6.45, 7) is -0.162. The number of alkyl halides is 6. The van der Waals surface area contributed by atoms with Crippen LogP contribution in [0.3, 0.4) is 0 Å². The number of hydrogen-bond donors (Lipinski definition) is 0. The molecular formula is C19H13ClF6N4O2. The van der Waals surface area contributed by atoms with Gasteiger partial charge in [-0.3, -0.25) is 0 Å². The Kier molecular flexibility index (Phi) is 6.92. The lowest BCUT2D eigenvalue weighted by Gasteiger charge is -2.10. The molecule has 0 aliphatic carbocycles. The van der Waals surface area contributed by atoms with Gasteiger partial charge >= 0.3 is 12.4 Å². The highest BCUT2D eigenvalue weighted by molar-refractivity contribution is 6.32. The number of hydrogen-bond acceptors (Lipinski definition) is 5. The van der Waals surface area contributed by atoms with Gasteiger partial charge in [0.25, 0.3) is 0 Å². The molecule has 32 heavy (non-hydrogen) atoms. The molecule has 0 spiro atoms. The summed E-state index contributed by atoms with van der Waals surface area (Å²) in [5.74, 6) is -0.0208. The van der Waals surface area contributed by atoms with Crippen LogP contribution in [0.15, 0.2) is 53.9 Å². The van der Waals surface area contributed by atoms with E-state index in [-0.39, 0.29) is 29.8 Å². The van der Waals surface area contributed by atoms with Crippen LogP contribution in [0, 0.1) is 0 Å². The number of rotatable bonds is 7. The minimum atomic E-state index is -4.59. The monoisotopic (exact) mass is 478 g/mol. The molecule has 13 heteroatoms. The number of oxime groups is 1. The zero-order chi connectivity index (χ0) is 23.4. The van der Waals surface area contributed by atoms with Gasteiger partial charge in [-0.05, 0) is 30.3 Å². The van der Waals surface area contributed by atoms with E-state index in [0.717, 1.165) is 22.9 Å². The first-order chi connectivity index (χ1) is 15.1. The van der Waals surface area contributed by atoms with E-state index in [1.807, 2.05) is 0 Å². The molecule has 1 aromatic carbocycles. The molecule has 0 N–H and O–H groups in total. The van der Waals surface area contributed by atoms with E-state index in [2.05, 4.69) is 15.2 Å². The van der Waals surface area contributed by atoms with Crippen LogP contribution < -0.4 is 4.74 Å². The largest absolute Gasteiger partial charge is 0.490 e. The van der Waals surface area contributed by atoms with Crippen molar-refractivity contribution in [3.05, 3.63) is 70.6 Å². The molecule has 0 aliphatic heterocycles. The van der Waals surface area contributed by atoms with Crippen LogP contribution in [0.25, 0.3) is 5.82 Å². The van der Waals surface area contributed by atoms with Gasteiger partial charge in [0.1, 0.15) is 12.4 Å². The Bertz CT molecular complexity index is 1100. The Labute approximate surface area is 182 Å². The molecule has 170 valence electrons. The van der Waals surface area contributed by atoms with Gasteiger partial charge in [-0.15, -0.1) is 0 Å². The van der Waals surface area contributed by atoms with E-state index < -0.39 is 23.5 Å². The normalized spacial score (nSPS) is 12.3. The quantitative estimate of drug-likeness (QED) is 0.198. The van der Waals surface area contributed by atoms with Gasteiger partial charge in [-0.25, -0.2) is 9.67 Å². The second-order valence-corrected chi connectivity index (χ2v) is 6.54. The molecule has 6 nitrogen and oxygen atoms in total. The number of pyridine rings is 1. The number of halogens is 7. The topological polar surface area (TPSA) is 61.5 Å². The summed E-state index contributed by atoms with van der Waals surface area (Å²) in [5.41, 5.74) is -1.53. The maximum Gasteiger partial charge on any atom is 0.417 e. The van der Waals surface area contributed by atoms with Crippen molar-refractivity contribution < 1.29 is 35.9 Å². The molecular weight excluding hydrogens is 466 g/mol. The highest BCUT2D eigenvalue weighted by Gasteiger charge is 2.32. The van der Waals surface area contributed by atoms with E-state index in [1.54, 1.807) is 0 Å². The fourth-order valence-electron chi connectivity index (χ4n) is 2.43. The average Bonchev–Trinajstić information content (AvgIpc) is 3.17. The third kappa shape index (κ3) is 5.90. The van der Waals surface area contributed by atoms with Crippen molar-refractivity contribution in [3.63, 3.8) is 0 Å². The van der Waals surface area contributed by atoms with E-state index in [0.29, 0.717) is 11.9 Å². The van der Waals surface area contributed by atoms with Crippen molar-refractivity contribution in [2.45, 2.75) is 12.4 Å². The molecule has 0 atom stereocenters. The lowest BCUT2D eigenvalue weighted by Crippen LogP contribution is -2.10. The van der Waals surface area contributed by atoms with Crippen molar-refractivity contribution in [3.8, 4) is 11.6 Å². The fourth-order valence-corrected chi connectivity index (χ4v) is 2.68. The minimum absolute atomic E-state index is 0.0218. The summed E-state index contributed by atoms with van der Waals surface area (Å²) in [5, 5.41) is 7.35. The fraction of sp³-hybridized carbons (Fsp3) is 0.211. The van der Waals surface area contributed by atoms with Gasteiger partial charge < -0.3 is 9.57 Å². The van der Waals surface area contributed by atoms with Gasteiger partial charge in [0, 0.05) is 6.20 Å². The first kappa shape index (κ1) is 23.4. The van der Waals surface area contributed by atoms with Gasteiger partial charge in [-0.1, -0.05) is 22.8 Å². The zero-order valence-electron chi connectivity index (χ0n) is 15.9. The minimum Gasteiger partial charge on any atom is -0.490 e. The Balaban J connectivity index is 1.57. The Morgan fingerprint density at radius 3 is 2.44 bits per heavy atom. The molecule has 0 bridgehead atoms. The molecule has 0 saturated carbocycles. The molecule has 3 aromatic rings. The SMILES string of the molecule is FC(F)(F)c1cccc(OCCO/N=C/c2ccnn2-c2ncc(C(F)(F)F)cc2Cl)c1. The van der Waals surface area contributed by atoms with E-state index in [4.69, 9.17) is 21.2 Å². The standard InChI is InChI=1S/C19H13ClF6N4O2/c20-16-9-13(19(24,25)26)10-27-17(16)30-14(4-5-28-30)11-29-32-7-6-31-15-3-1-2-12(8-15)18(21,22)23/h1-5,8-11H,6-7H2/b29-11+. The summed E-state index contributed by atoms with van der Waals surface area (Å²) >= 11 is 5.91. The van der Waals surface area contributed by atoms with Crippen LogP contribution in [0.4, 0.5) is 26.3 Å². The molecule has 2 heterocycles. The lowest BCUT2D eigenvalue weighted by molar-refractivity contribution is -0.138. The van der Waals surface area contributed by atoms with Gasteiger partial charge in [0.15, 0.2) is 12.4 Å². The maximum absolute atomic E-state index is 12.8. The van der Waals surface area contributed by atoms with Crippen LogP contribution in [0.5, 0.6) is 5.75 Å². The number of ether oxygens (including phenoxy) is 1. The Morgan fingerprint density at radius 1 is 1.00 bits per heavy atom. The number of nitrogens with zero attached hydrogens (tertiary/aromatic N) is 4. The second-order valence-electron chi connectivity index (χ2n) is 6.14. The number of aromatic nitrogens is 3. The van der Waals surface area contributed by atoms with Crippen LogP contribution in [0.2, 0.25) is 5.02 Å². The van der Waals surface area contributed by atoms with Crippen molar-refractivity contribution in [1.82, 2.24) is 14.8 Å². The van der Waals surface area contributed by atoms with Crippen LogP contribution >= 0.6 is 11.6 Å². The van der Waals surface area contributed by atoms with Crippen molar-refractivity contribution >= 4 is 17.8 Å². The van der Waals surface area contributed by atoms with Crippen molar-refractivity contribution in [2.24, 2.45) is 5.16 Å². The van der Waals surface area contributed by atoms with Crippen molar-refractivity contribution in [1.29, 1.82) is 0 Å². The van der Waals surface area contributed by atoms with Crippen molar-refractivity contribution in [2.75, 3.05) is 13.2 Å². The van der Waals surface area contributed by atoms with Crippen LogP contribution in [0.1, 0.15) is 16.8 Å². The van der Waals surface area contributed by atoms with Crippen LogP contribution in [-0.4, -0.2) is 34.2 Å². The summed E-state index contributed by atoms with van der Waals surface area (Å²) in [4.78, 5) is 8.70. The third-order valence-electron chi connectivity index (χ3n) is 3.89. The highest BCUT2D eigenvalue weighted by atomic mass is 35.5. The average molecular weight is 479 g/mol. The summed E-state index contributed by atoms with van der Waals surface area (Å²) in [6.07, 6.45) is -5.87. The van der Waals surface area contributed by atoms with Crippen LogP contribution in [-0.2, 0) is 17.2 Å². The molecule has 3 rings (SSSR count).